The summed E-state index contributed by atoms with van der Waals surface area (Å²) in [5.74, 6) is -0.163. The molecule has 1 N–H and O–H groups in total. The third-order valence-corrected chi connectivity index (χ3v) is 6.16. The Kier molecular flexibility index (Phi) is 6.00. The van der Waals surface area contributed by atoms with Gasteiger partial charge in [-0.15, -0.1) is 0 Å². The summed E-state index contributed by atoms with van der Waals surface area (Å²) in [5.41, 5.74) is 1.43. The first-order valence-corrected chi connectivity index (χ1v) is 9.82. The second kappa shape index (κ2) is 7.62. The van der Waals surface area contributed by atoms with E-state index in [1.165, 1.54) is 18.4 Å². The van der Waals surface area contributed by atoms with Gasteiger partial charge in [0.25, 0.3) is 5.91 Å². The zero-order chi connectivity index (χ0) is 17.9. The summed E-state index contributed by atoms with van der Waals surface area (Å²) in [5, 5.41) is 2.91. The fraction of sp³-hybridized carbons (Fsp3) is 0.235. The number of nitrogens with zero attached hydrogens (tertiary/aromatic N) is 1. The minimum atomic E-state index is -3.44. The van der Waals surface area contributed by atoms with Crippen LogP contribution in [-0.2, 0) is 10.0 Å². The smallest absolute Gasteiger partial charge is 0.251 e. The highest BCUT2D eigenvalue weighted by Gasteiger charge is 2.18. The molecule has 0 aliphatic heterocycles. The van der Waals surface area contributed by atoms with Crippen LogP contribution in [-0.4, -0.2) is 32.7 Å². The molecule has 24 heavy (non-hydrogen) atoms. The second-order valence-corrected chi connectivity index (χ2v) is 8.96. The van der Waals surface area contributed by atoms with Gasteiger partial charge in [0.1, 0.15) is 0 Å². The van der Waals surface area contributed by atoms with Crippen LogP contribution in [0.2, 0.25) is 0 Å². The first-order valence-electron chi connectivity index (χ1n) is 7.31. The highest BCUT2D eigenvalue weighted by molar-refractivity contribution is 14.1. The van der Waals surface area contributed by atoms with Crippen molar-refractivity contribution >= 4 is 38.5 Å². The van der Waals surface area contributed by atoms with Crippen LogP contribution < -0.4 is 5.32 Å². The average molecular weight is 458 g/mol. The van der Waals surface area contributed by atoms with E-state index < -0.39 is 10.0 Å². The highest BCUT2D eigenvalue weighted by atomic mass is 127. The quantitative estimate of drug-likeness (QED) is 0.701. The lowest BCUT2D eigenvalue weighted by Gasteiger charge is -2.16. The molecule has 0 aliphatic carbocycles. The molecule has 0 saturated carbocycles. The maximum atomic E-state index is 12.2. The molecule has 0 aromatic heterocycles. The van der Waals surface area contributed by atoms with Crippen LogP contribution in [0.3, 0.4) is 0 Å². The van der Waals surface area contributed by atoms with Gasteiger partial charge in [-0.25, -0.2) is 12.7 Å². The maximum absolute atomic E-state index is 12.2. The predicted molar refractivity (Wildman–Crippen MR) is 102 cm³/mol. The number of benzene rings is 2. The van der Waals surface area contributed by atoms with Gasteiger partial charge < -0.3 is 5.32 Å². The van der Waals surface area contributed by atoms with Crippen molar-refractivity contribution in [1.29, 1.82) is 0 Å². The number of sulfonamides is 1. The van der Waals surface area contributed by atoms with E-state index in [0.717, 1.165) is 9.13 Å². The zero-order valence-corrected chi connectivity index (χ0v) is 16.6. The first kappa shape index (κ1) is 18.9. The molecule has 2 rings (SSSR count). The summed E-state index contributed by atoms with van der Waals surface area (Å²) < 4.78 is 26.4. The van der Waals surface area contributed by atoms with Crippen LogP contribution in [0.1, 0.15) is 28.9 Å². The van der Waals surface area contributed by atoms with Gasteiger partial charge in [-0.2, -0.15) is 0 Å². The minimum Gasteiger partial charge on any atom is -0.346 e. The van der Waals surface area contributed by atoms with Crippen molar-refractivity contribution in [2.75, 3.05) is 14.1 Å². The van der Waals surface area contributed by atoms with E-state index in [2.05, 4.69) is 27.9 Å². The maximum Gasteiger partial charge on any atom is 0.251 e. The lowest BCUT2D eigenvalue weighted by atomic mass is 10.1. The summed E-state index contributed by atoms with van der Waals surface area (Å²) >= 11 is 2.18. The van der Waals surface area contributed by atoms with Crippen molar-refractivity contribution in [1.82, 2.24) is 9.62 Å². The summed E-state index contributed by atoms with van der Waals surface area (Å²) in [6.07, 6.45) is 0. The van der Waals surface area contributed by atoms with Crippen molar-refractivity contribution in [3.63, 3.8) is 0 Å². The second-order valence-electron chi connectivity index (χ2n) is 5.56. The zero-order valence-electron chi connectivity index (χ0n) is 13.7. The van der Waals surface area contributed by atoms with Crippen molar-refractivity contribution in [2.45, 2.75) is 17.9 Å². The van der Waals surface area contributed by atoms with Crippen LogP contribution >= 0.6 is 22.6 Å². The van der Waals surface area contributed by atoms with E-state index in [9.17, 15) is 13.2 Å². The van der Waals surface area contributed by atoms with E-state index in [4.69, 9.17) is 0 Å². The Morgan fingerprint density at radius 1 is 1.04 bits per heavy atom. The molecule has 1 atom stereocenters. The van der Waals surface area contributed by atoms with Crippen molar-refractivity contribution in [3.8, 4) is 0 Å². The van der Waals surface area contributed by atoms with Crippen molar-refractivity contribution < 1.29 is 13.2 Å². The molecule has 2 aromatic rings. The predicted octanol–water partition coefficient (Wildman–Crippen LogP) is 3.03. The van der Waals surface area contributed by atoms with Gasteiger partial charge in [0.2, 0.25) is 10.0 Å². The number of amides is 1. The third kappa shape index (κ3) is 4.34. The fourth-order valence-electron chi connectivity index (χ4n) is 2.10. The molecule has 0 saturated heterocycles. The van der Waals surface area contributed by atoms with Crippen molar-refractivity contribution in [3.05, 3.63) is 63.2 Å². The molecular weight excluding hydrogens is 439 g/mol. The van der Waals surface area contributed by atoms with Crippen LogP contribution in [0.25, 0.3) is 0 Å². The molecule has 0 aliphatic rings. The van der Waals surface area contributed by atoms with Crippen LogP contribution in [0.15, 0.2) is 53.4 Å². The highest BCUT2D eigenvalue weighted by Crippen LogP contribution is 2.18. The summed E-state index contributed by atoms with van der Waals surface area (Å²) in [6, 6.07) is 13.6. The van der Waals surface area contributed by atoms with E-state index in [1.807, 2.05) is 19.1 Å². The number of nitrogens with one attached hydrogen (secondary N) is 1. The number of carbonyl (C=O) groups is 1. The Labute approximate surface area is 156 Å². The lowest BCUT2D eigenvalue weighted by molar-refractivity contribution is 0.0940. The summed E-state index contributed by atoms with van der Waals surface area (Å²) in [7, 11) is -0.458. The first-order chi connectivity index (χ1) is 11.2. The Morgan fingerprint density at radius 2 is 1.58 bits per heavy atom. The SMILES string of the molecule is CC(NC(=O)c1ccc(I)cc1)c1ccc(S(=O)(=O)N(C)C)cc1. The Hall–Kier alpha value is -1.45. The number of halogens is 1. The van der Waals surface area contributed by atoms with Gasteiger partial charge >= 0.3 is 0 Å². The van der Waals surface area contributed by atoms with E-state index >= 15 is 0 Å². The molecule has 0 heterocycles. The lowest BCUT2D eigenvalue weighted by Crippen LogP contribution is -2.26. The van der Waals surface area contributed by atoms with Crippen LogP contribution in [0.5, 0.6) is 0 Å². The van der Waals surface area contributed by atoms with E-state index in [1.54, 1.807) is 36.4 Å². The molecule has 0 fully saturated rings. The molecule has 1 unspecified atom stereocenters. The molecule has 7 heteroatoms. The average Bonchev–Trinajstić information content (AvgIpc) is 2.55. The molecular formula is C17H19IN2O3S. The molecule has 0 bridgehead atoms. The van der Waals surface area contributed by atoms with Crippen LogP contribution in [0, 0.1) is 3.57 Å². The molecule has 128 valence electrons. The number of carbonyl (C=O) groups excluding carboxylic acids is 1. The number of rotatable bonds is 5. The van der Waals surface area contributed by atoms with Gasteiger partial charge in [-0.3, -0.25) is 4.79 Å². The summed E-state index contributed by atoms with van der Waals surface area (Å²) in [4.78, 5) is 12.5. The largest absolute Gasteiger partial charge is 0.346 e. The molecule has 0 radical (unpaired) electrons. The van der Waals surface area contributed by atoms with E-state index in [-0.39, 0.29) is 16.8 Å². The molecule has 5 nitrogen and oxygen atoms in total. The topological polar surface area (TPSA) is 66.5 Å². The fourth-order valence-corrected chi connectivity index (χ4v) is 3.37. The van der Waals surface area contributed by atoms with Crippen molar-refractivity contribution in [2.24, 2.45) is 0 Å². The minimum absolute atomic E-state index is 0.163. The Morgan fingerprint density at radius 3 is 2.08 bits per heavy atom. The van der Waals surface area contributed by atoms with Gasteiger partial charge in [0.15, 0.2) is 0 Å². The van der Waals surface area contributed by atoms with Gasteiger partial charge in [0, 0.05) is 23.2 Å². The monoisotopic (exact) mass is 458 g/mol. The molecule has 1 amide bonds. The van der Waals surface area contributed by atoms with Gasteiger partial charge in [-0.1, -0.05) is 12.1 Å². The Bertz CT molecular complexity index is 816. The molecule has 0 spiro atoms. The van der Waals surface area contributed by atoms with E-state index in [0.29, 0.717) is 5.56 Å². The van der Waals surface area contributed by atoms with Gasteiger partial charge in [-0.05, 0) is 71.5 Å². The van der Waals surface area contributed by atoms with Crippen LogP contribution in [0.4, 0.5) is 0 Å². The third-order valence-electron chi connectivity index (χ3n) is 3.61. The molecule has 2 aromatic carbocycles. The number of hydrogen-bond acceptors (Lipinski definition) is 3. The van der Waals surface area contributed by atoms with Gasteiger partial charge in [0.05, 0.1) is 10.9 Å². The normalized spacial score (nSPS) is 12.9. The summed E-state index contributed by atoms with van der Waals surface area (Å²) in [6.45, 7) is 1.86. The number of hydrogen-bond donors (Lipinski definition) is 1. The Balaban J connectivity index is 2.11. The standard InChI is InChI=1S/C17H19IN2O3S/c1-12(19-17(21)14-4-8-15(18)9-5-14)13-6-10-16(11-7-13)24(22,23)20(2)3/h4-12H,1-3H3,(H,19,21).